The number of hydrogen-bond acceptors (Lipinski definition) is 5. The number of rotatable bonds is 12. The van der Waals surface area contributed by atoms with Crippen molar-refractivity contribution in [3.8, 4) is 11.5 Å². The maximum atomic E-state index is 11.9. The highest BCUT2D eigenvalue weighted by molar-refractivity contribution is 5.77. The van der Waals surface area contributed by atoms with E-state index in [2.05, 4.69) is 5.32 Å². The van der Waals surface area contributed by atoms with Gasteiger partial charge in [-0.15, -0.1) is 0 Å². The molecule has 150 valence electrons. The van der Waals surface area contributed by atoms with Gasteiger partial charge in [-0.25, -0.2) is 0 Å². The van der Waals surface area contributed by atoms with Crippen molar-refractivity contribution in [3.05, 3.63) is 59.7 Å². The second-order valence-corrected chi connectivity index (χ2v) is 6.22. The number of ether oxygens (including phenoxy) is 3. The first-order chi connectivity index (χ1) is 13.6. The fourth-order valence-corrected chi connectivity index (χ4v) is 2.61. The molecule has 28 heavy (non-hydrogen) atoms. The van der Waals surface area contributed by atoms with Crippen LogP contribution in [0.3, 0.4) is 0 Å². The normalized spacial score (nSPS) is 11.5. The molecule has 0 saturated heterocycles. The predicted octanol–water partition coefficient (Wildman–Crippen LogP) is 2.58. The van der Waals surface area contributed by atoms with Crippen molar-refractivity contribution in [2.45, 2.75) is 25.9 Å². The molecule has 0 heterocycles. The van der Waals surface area contributed by atoms with Gasteiger partial charge in [-0.2, -0.15) is 0 Å². The minimum Gasteiger partial charge on any atom is -0.494 e. The van der Waals surface area contributed by atoms with Gasteiger partial charge in [-0.3, -0.25) is 4.79 Å². The van der Waals surface area contributed by atoms with Crippen molar-refractivity contribution in [1.82, 2.24) is 5.32 Å². The first kappa shape index (κ1) is 21.4. The van der Waals surface area contributed by atoms with Crippen LogP contribution < -0.4 is 14.8 Å². The Balaban J connectivity index is 1.68. The van der Waals surface area contributed by atoms with Gasteiger partial charge < -0.3 is 24.3 Å². The van der Waals surface area contributed by atoms with Gasteiger partial charge in [0.2, 0.25) is 0 Å². The van der Waals surface area contributed by atoms with Gasteiger partial charge in [-0.05, 0) is 48.7 Å². The van der Waals surface area contributed by atoms with Crippen LogP contribution in [-0.4, -0.2) is 45.2 Å². The second-order valence-electron chi connectivity index (χ2n) is 6.22. The zero-order chi connectivity index (χ0) is 20.2. The van der Waals surface area contributed by atoms with Gasteiger partial charge >= 0.3 is 0 Å². The fraction of sp³-hybridized carbons (Fsp3) is 0.364. The monoisotopic (exact) mass is 385 g/mol. The highest BCUT2D eigenvalue weighted by Gasteiger charge is 2.07. The Morgan fingerprint density at radius 1 is 1.00 bits per heavy atom. The molecule has 2 aromatic rings. The van der Waals surface area contributed by atoms with E-state index in [1.54, 1.807) is 12.1 Å². The van der Waals surface area contributed by atoms with Gasteiger partial charge in [0, 0.05) is 20.1 Å². The van der Waals surface area contributed by atoms with Crippen LogP contribution in [0.1, 0.15) is 18.1 Å². The molecule has 0 unspecified atom stereocenters. The molecule has 0 saturated carbocycles. The fourth-order valence-electron chi connectivity index (χ4n) is 2.61. The van der Waals surface area contributed by atoms with Gasteiger partial charge in [-0.1, -0.05) is 24.3 Å². The zero-order valence-electron chi connectivity index (χ0n) is 16.4. The molecular weight excluding hydrogens is 358 g/mol. The number of aldehydes is 1. The molecule has 6 nitrogen and oxygen atoms in total. The molecule has 1 atom stereocenters. The van der Waals surface area contributed by atoms with E-state index in [4.69, 9.17) is 14.2 Å². The third kappa shape index (κ3) is 7.40. The molecule has 0 aliphatic carbocycles. The maximum Gasteiger partial charge on any atom is 0.257 e. The van der Waals surface area contributed by atoms with E-state index in [-0.39, 0.29) is 12.5 Å². The lowest BCUT2D eigenvalue weighted by Crippen LogP contribution is -2.30. The summed E-state index contributed by atoms with van der Waals surface area (Å²) >= 11 is 0. The second kappa shape index (κ2) is 11.8. The largest absolute Gasteiger partial charge is 0.494 e. The Kier molecular flexibility index (Phi) is 9.01. The third-order valence-electron chi connectivity index (χ3n) is 4.15. The van der Waals surface area contributed by atoms with E-state index >= 15 is 0 Å². The van der Waals surface area contributed by atoms with Crippen LogP contribution >= 0.6 is 0 Å². The number of nitrogens with one attached hydrogen (secondary N) is 1. The Bertz CT molecular complexity index is 728. The van der Waals surface area contributed by atoms with Crippen LogP contribution in [0, 0.1) is 0 Å². The van der Waals surface area contributed by atoms with Crippen molar-refractivity contribution in [2.24, 2.45) is 0 Å². The minimum atomic E-state index is -0.451. The smallest absolute Gasteiger partial charge is 0.257 e. The lowest BCUT2D eigenvalue weighted by Gasteiger charge is -2.10. The SMILES string of the molecule is CCOc1ccc(CCNC(=O)COc2ccc(C[C@@H](C=O)OC)cc2)cc1. The lowest BCUT2D eigenvalue weighted by molar-refractivity contribution is -0.123. The zero-order valence-corrected chi connectivity index (χ0v) is 16.4. The van der Waals surface area contributed by atoms with Crippen LogP contribution in [0.4, 0.5) is 0 Å². The first-order valence-electron chi connectivity index (χ1n) is 9.33. The highest BCUT2D eigenvalue weighted by atomic mass is 16.5. The summed E-state index contributed by atoms with van der Waals surface area (Å²) in [5.41, 5.74) is 2.09. The molecular formula is C22H27NO5. The van der Waals surface area contributed by atoms with Crippen LogP contribution in [0.25, 0.3) is 0 Å². The Labute approximate surface area is 165 Å². The Morgan fingerprint density at radius 3 is 2.18 bits per heavy atom. The van der Waals surface area contributed by atoms with Crippen molar-refractivity contribution < 1.29 is 23.8 Å². The number of hydrogen-bond donors (Lipinski definition) is 1. The molecule has 0 bridgehead atoms. The summed E-state index contributed by atoms with van der Waals surface area (Å²) in [4.78, 5) is 22.7. The van der Waals surface area contributed by atoms with E-state index in [0.717, 1.165) is 29.6 Å². The Hall–Kier alpha value is -2.86. The Morgan fingerprint density at radius 2 is 1.61 bits per heavy atom. The van der Waals surface area contributed by atoms with E-state index in [1.807, 2.05) is 43.3 Å². The molecule has 1 amide bonds. The maximum absolute atomic E-state index is 11.9. The van der Waals surface area contributed by atoms with Crippen molar-refractivity contribution >= 4 is 12.2 Å². The molecule has 2 rings (SSSR count). The van der Waals surface area contributed by atoms with E-state index < -0.39 is 6.10 Å². The van der Waals surface area contributed by atoms with Crippen molar-refractivity contribution in [2.75, 3.05) is 26.9 Å². The molecule has 0 fully saturated rings. The quantitative estimate of drug-likeness (QED) is 0.569. The molecule has 0 aromatic heterocycles. The number of carbonyl (C=O) groups is 2. The lowest BCUT2D eigenvalue weighted by atomic mass is 10.1. The summed E-state index contributed by atoms with van der Waals surface area (Å²) < 4.78 is 15.9. The molecule has 0 radical (unpaired) electrons. The summed E-state index contributed by atoms with van der Waals surface area (Å²) in [6, 6.07) is 15.1. The average molecular weight is 385 g/mol. The van der Waals surface area contributed by atoms with Crippen LogP contribution in [0.15, 0.2) is 48.5 Å². The minimum absolute atomic E-state index is 0.0440. The van der Waals surface area contributed by atoms with Gasteiger partial charge in [0.05, 0.1) is 6.61 Å². The van der Waals surface area contributed by atoms with Gasteiger partial charge in [0.25, 0.3) is 5.91 Å². The summed E-state index contributed by atoms with van der Waals surface area (Å²) in [5.74, 6) is 1.28. The number of amides is 1. The molecule has 0 spiro atoms. The van der Waals surface area contributed by atoms with E-state index in [1.165, 1.54) is 7.11 Å². The van der Waals surface area contributed by atoms with Crippen LogP contribution in [0.5, 0.6) is 11.5 Å². The van der Waals surface area contributed by atoms with Crippen LogP contribution in [0.2, 0.25) is 0 Å². The van der Waals surface area contributed by atoms with E-state index in [9.17, 15) is 9.59 Å². The number of methoxy groups -OCH3 is 1. The van der Waals surface area contributed by atoms with Gasteiger partial charge in [0.15, 0.2) is 6.61 Å². The standard InChI is InChI=1S/C22H27NO5/c1-3-27-19-8-4-17(5-9-19)12-13-23-22(25)16-28-20-10-6-18(7-11-20)14-21(15-24)26-2/h4-11,15,21H,3,12-14,16H2,1-2H3,(H,23,25)/t21-/m0/s1. The van der Waals surface area contributed by atoms with Crippen LogP contribution in [-0.2, 0) is 27.2 Å². The summed E-state index contributed by atoms with van der Waals surface area (Å²) in [6.07, 6.45) is 1.58. The predicted molar refractivity (Wildman–Crippen MR) is 107 cm³/mol. The highest BCUT2D eigenvalue weighted by Crippen LogP contribution is 2.14. The first-order valence-corrected chi connectivity index (χ1v) is 9.33. The number of benzene rings is 2. The summed E-state index contributed by atoms with van der Waals surface area (Å²) in [5, 5.41) is 2.84. The average Bonchev–Trinajstić information content (AvgIpc) is 2.73. The van der Waals surface area contributed by atoms with E-state index in [0.29, 0.717) is 25.3 Å². The molecule has 0 aliphatic heterocycles. The summed E-state index contributed by atoms with van der Waals surface area (Å²) in [7, 11) is 1.51. The molecule has 0 aliphatic rings. The molecule has 6 heteroatoms. The summed E-state index contributed by atoms with van der Waals surface area (Å²) in [6.45, 7) is 3.09. The van der Waals surface area contributed by atoms with Crippen molar-refractivity contribution in [1.29, 1.82) is 0 Å². The van der Waals surface area contributed by atoms with Crippen molar-refractivity contribution in [3.63, 3.8) is 0 Å². The number of carbonyl (C=O) groups excluding carboxylic acids is 2. The van der Waals surface area contributed by atoms with Gasteiger partial charge in [0.1, 0.15) is 23.9 Å². The third-order valence-corrected chi connectivity index (χ3v) is 4.15. The molecule has 1 N–H and O–H groups in total. The molecule has 2 aromatic carbocycles. The topological polar surface area (TPSA) is 73.9 Å².